The molecule has 0 unspecified atom stereocenters. The summed E-state index contributed by atoms with van der Waals surface area (Å²) in [5.41, 5.74) is 0.216. The molecule has 1 N–H and O–H groups in total. The van der Waals surface area contributed by atoms with Crippen molar-refractivity contribution in [1.29, 1.82) is 0 Å². The van der Waals surface area contributed by atoms with Crippen LogP contribution in [0.5, 0.6) is 0 Å². The summed E-state index contributed by atoms with van der Waals surface area (Å²) in [5, 5.41) is 10.1. The van der Waals surface area contributed by atoms with Gasteiger partial charge in [-0.2, -0.15) is 0 Å². The van der Waals surface area contributed by atoms with E-state index in [4.69, 9.17) is 8.83 Å². The monoisotopic (exact) mass is 287 g/mol. The minimum atomic E-state index is -0.452. The van der Waals surface area contributed by atoms with Crippen molar-refractivity contribution in [2.45, 2.75) is 6.54 Å². The summed E-state index contributed by atoms with van der Waals surface area (Å²) in [6.45, 7) is 0.0288. The molecule has 0 saturated carbocycles. The number of carbonyl (C=O) groups excluding carboxylic acids is 1. The zero-order valence-electron chi connectivity index (χ0n) is 10.7. The van der Waals surface area contributed by atoms with Gasteiger partial charge in [0.25, 0.3) is 11.8 Å². The first-order chi connectivity index (χ1) is 10.2. The van der Waals surface area contributed by atoms with E-state index in [9.17, 15) is 9.18 Å². The van der Waals surface area contributed by atoms with Crippen molar-refractivity contribution >= 4 is 5.91 Å². The summed E-state index contributed by atoms with van der Waals surface area (Å²) in [4.78, 5) is 11.7. The number of carbonyl (C=O) groups is 1. The summed E-state index contributed by atoms with van der Waals surface area (Å²) in [7, 11) is 0. The molecule has 7 heteroatoms. The molecule has 1 amide bonds. The number of aromatic nitrogens is 2. The third kappa shape index (κ3) is 2.81. The van der Waals surface area contributed by atoms with Gasteiger partial charge in [-0.25, -0.2) is 4.39 Å². The molecule has 106 valence electrons. The Hall–Kier alpha value is -2.96. The van der Waals surface area contributed by atoms with Crippen LogP contribution in [-0.2, 0) is 6.54 Å². The number of halogens is 1. The molecule has 3 rings (SSSR count). The van der Waals surface area contributed by atoms with Gasteiger partial charge in [0.15, 0.2) is 5.76 Å². The average Bonchev–Trinajstić information content (AvgIpc) is 3.17. The minimum absolute atomic E-state index is 0.0288. The topological polar surface area (TPSA) is 81.2 Å². The van der Waals surface area contributed by atoms with Gasteiger partial charge in [0, 0.05) is 0 Å². The van der Waals surface area contributed by atoms with Crippen LogP contribution in [-0.4, -0.2) is 16.1 Å². The molecule has 0 radical (unpaired) electrons. The Morgan fingerprint density at radius 1 is 1.19 bits per heavy atom. The predicted octanol–water partition coefficient (Wildman–Crippen LogP) is 2.40. The van der Waals surface area contributed by atoms with Gasteiger partial charge in [0.2, 0.25) is 5.89 Å². The number of nitrogens with one attached hydrogen (secondary N) is 1. The fraction of sp³-hybridized carbons (Fsp3) is 0.0714. The van der Waals surface area contributed by atoms with E-state index < -0.39 is 11.7 Å². The first-order valence-corrected chi connectivity index (χ1v) is 6.13. The summed E-state index contributed by atoms with van der Waals surface area (Å²) < 4.78 is 23.8. The Bertz CT molecular complexity index is 752. The predicted molar refractivity (Wildman–Crippen MR) is 69.6 cm³/mol. The van der Waals surface area contributed by atoms with Gasteiger partial charge in [-0.15, -0.1) is 10.2 Å². The molecule has 1 aromatic carbocycles. The van der Waals surface area contributed by atoms with E-state index in [0.717, 1.165) is 0 Å². The van der Waals surface area contributed by atoms with E-state index in [-0.39, 0.29) is 29.6 Å². The smallest absolute Gasteiger partial charge is 0.287 e. The Labute approximate surface area is 118 Å². The Kier molecular flexibility index (Phi) is 3.46. The lowest BCUT2D eigenvalue weighted by molar-refractivity contribution is 0.0919. The molecule has 0 spiro atoms. The van der Waals surface area contributed by atoms with Gasteiger partial charge in [0.1, 0.15) is 5.82 Å². The zero-order valence-corrected chi connectivity index (χ0v) is 10.7. The standard InChI is InChI=1S/C14H10FN3O3/c15-10-5-2-1-4-9(10)14-18-17-12(21-14)8-16-13(19)11-6-3-7-20-11/h1-7H,8H2,(H,16,19). The van der Waals surface area contributed by atoms with Crippen molar-refractivity contribution in [3.63, 3.8) is 0 Å². The zero-order chi connectivity index (χ0) is 14.7. The Morgan fingerprint density at radius 3 is 2.81 bits per heavy atom. The third-order valence-electron chi connectivity index (χ3n) is 2.72. The quantitative estimate of drug-likeness (QED) is 0.796. The van der Waals surface area contributed by atoms with Gasteiger partial charge < -0.3 is 14.2 Å². The van der Waals surface area contributed by atoms with E-state index in [1.54, 1.807) is 18.2 Å². The van der Waals surface area contributed by atoms with Crippen LogP contribution in [0.1, 0.15) is 16.4 Å². The molecule has 0 saturated heterocycles. The molecule has 0 fully saturated rings. The van der Waals surface area contributed by atoms with Crippen LogP contribution >= 0.6 is 0 Å². The molecule has 0 atom stereocenters. The third-order valence-corrected chi connectivity index (χ3v) is 2.72. The fourth-order valence-electron chi connectivity index (χ4n) is 1.72. The van der Waals surface area contributed by atoms with Crippen LogP contribution in [0.4, 0.5) is 4.39 Å². The molecular weight excluding hydrogens is 277 g/mol. The summed E-state index contributed by atoms with van der Waals surface area (Å²) >= 11 is 0. The van der Waals surface area contributed by atoms with Crippen molar-refractivity contribution in [2.75, 3.05) is 0 Å². The highest BCUT2D eigenvalue weighted by Crippen LogP contribution is 2.20. The maximum atomic E-state index is 13.6. The van der Waals surface area contributed by atoms with E-state index in [0.29, 0.717) is 0 Å². The highest BCUT2D eigenvalue weighted by molar-refractivity contribution is 5.91. The molecule has 0 aliphatic heterocycles. The Morgan fingerprint density at radius 2 is 2.05 bits per heavy atom. The number of amides is 1. The second-order valence-electron chi connectivity index (χ2n) is 4.14. The number of nitrogens with zero attached hydrogens (tertiary/aromatic N) is 2. The van der Waals surface area contributed by atoms with Gasteiger partial charge in [-0.3, -0.25) is 4.79 Å². The number of rotatable bonds is 4. The van der Waals surface area contributed by atoms with Crippen LogP contribution in [0.2, 0.25) is 0 Å². The second kappa shape index (κ2) is 5.58. The lowest BCUT2D eigenvalue weighted by atomic mass is 10.2. The molecule has 3 aromatic rings. The highest BCUT2D eigenvalue weighted by Gasteiger charge is 2.14. The number of benzene rings is 1. The van der Waals surface area contributed by atoms with Crippen LogP contribution in [0.3, 0.4) is 0 Å². The van der Waals surface area contributed by atoms with Gasteiger partial charge in [0.05, 0.1) is 18.4 Å². The molecule has 21 heavy (non-hydrogen) atoms. The SMILES string of the molecule is O=C(NCc1nnc(-c2ccccc2F)o1)c1ccco1. The van der Waals surface area contributed by atoms with Crippen LogP contribution in [0, 0.1) is 5.82 Å². The van der Waals surface area contributed by atoms with Crippen molar-refractivity contribution in [3.05, 3.63) is 60.1 Å². The average molecular weight is 287 g/mol. The number of hydrogen-bond acceptors (Lipinski definition) is 5. The number of hydrogen-bond donors (Lipinski definition) is 1. The maximum absolute atomic E-state index is 13.6. The highest BCUT2D eigenvalue weighted by atomic mass is 19.1. The van der Waals surface area contributed by atoms with Crippen LogP contribution in [0.15, 0.2) is 51.5 Å². The van der Waals surface area contributed by atoms with E-state index >= 15 is 0 Å². The molecular formula is C14H10FN3O3. The maximum Gasteiger partial charge on any atom is 0.287 e. The molecule has 0 bridgehead atoms. The Balaban J connectivity index is 1.69. The molecule has 2 aromatic heterocycles. The lowest BCUT2D eigenvalue weighted by Gasteiger charge is -1.98. The first kappa shape index (κ1) is 13.0. The number of furan rings is 1. The van der Waals surface area contributed by atoms with Crippen molar-refractivity contribution in [3.8, 4) is 11.5 Å². The molecule has 0 aliphatic carbocycles. The molecule has 2 heterocycles. The van der Waals surface area contributed by atoms with Gasteiger partial charge >= 0.3 is 0 Å². The lowest BCUT2D eigenvalue weighted by Crippen LogP contribution is -2.22. The normalized spacial score (nSPS) is 10.5. The van der Waals surface area contributed by atoms with E-state index in [2.05, 4.69) is 15.5 Å². The van der Waals surface area contributed by atoms with E-state index in [1.165, 1.54) is 24.5 Å². The minimum Gasteiger partial charge on any atom is -0.459 e. The first-order valence-electron chi connectivity index (χ1n) is 6.13. The second-order valence-corrected chi connectivity index (χ2v) is 4.14. The van der Waals surface area contributed by atoms with Crippen molar-refractivity contribution in [1.82, 2.24) is 15.5 Å². The van der Waals surface area contributed by atoms with Crippen LogP contribution < -0.4 is 5.32 Å². The molecule has 0 aliphatic rings. The summed E-state index contributed by atoms with van der Waals surface area (Å²) in [6.07, 6.45) is 1.40. The largest absolute Gasteiger partial charge is 0.459 e. The molecule has 6 nitrogen and oxygen atoms in total. The van der Waals surface area contributed by atoms with Crippen molar-refractivity contribution < 1.29 is 18.0 Å². The van der Waals surface area contributed by atoms with Crippen LogP contribution in [0.25, 0.3) is 11.5 Å². The summed E-state index contributed by atoms with van der Waals surface area (Å²) in [5.74, 6) is -0.426. The van der Waals surface area contributed by atoms with Crippen molar-refractivity contribution in [2.24, 2.45) is 0 Å². The van der Waals surface area contributed by atoms with Gasteiger partial charge in [-0.1, -0.05) is 12.1 Å². The van der Waals surface area contributed by atoms with Gasteiger partial charge in [-0.05, 0) is 24.3 Å². The fourth-order valence-corrected chi connectivity index (χ4v) is 1.72. The van der Waals surface area contributed by atoms with E-state index in [1.807, 2.05) is 0 Å². The summed E-state index contributed by atoms with van der Waals surface area (Å²) in [6, 6.07) is 9.22.